The molecule has 5 nitrogen and oxygen atoms in total. The summed E-state index contributed by atoms with van der Waals surface area (Å²) in [6, 6.07) is 56.1. The topological polar surface area (TPSA) is 56.7 Å². The fraction of sp³-hybridized carbons (Fsp3) is 0.0702. The van der Waals surface area contributed by atoms with E-state index in [1.165, 1.54) is 43.8 Å². The Morgan fingerprint density at radius 1 is 0.468 bits per heavy atom. The first-order valence-corrected chi connectivity index (χ1v) is 21.5. The third-order valence-corrected chi connectivity index (χ3v) is 13.0. The van der Waals surface area contributed by atoms with Crippen LogP contribution in [0.4, 0.5) is 0 Å². The predicted molar refractivity (Wildman–Crippen MR) is 255 cm³/mol. The standard InChI is InChI=1S/C57H38N4O/c1-2-15-35(16-3-1)36-20-14-21-40(31-36)55-58-56(60-57(59-55)48-33-39-19-6-7-22-41(39)42-23-8-9-24-43(42)48)46-29-30-50(53-45-26-11-13-28-52(45)62-54(46)53)61-49-27-12-10-25-44(49)47-32-37-17-4-5-18-38(37)34-51(47)61/h1-6,8,10-21,23,25-34H,7,9,22,24H2. The molecule has 2 aliphatic carbocycles. The molecule has 5 heteroatoms. The lowest BCUT2D eigenvalue weighted by atomic mass is 9.82. The maximum absolute atomic E-state index is 6.97. The number of hydrogen-bond acceptors (Lipinski definition) is 4. The molecule has 0 fully saturated rings. The van der Waals surface area contributed by atoms with Gasteiger partial charge in [-0.05, 0) is 118 Å². The molecule has 0 saturated carbocycles. The van der Waals surface area contributed by atoms with E-state index in [-0.39, 0.29) is 0 Å². The highest BCUT2D eigenvalue weighted by Gasteiger charge is 2.26. The first-order valence-electron chi connectivity index (χ1n) is 21.5. The SMILES string of the molecule is C1=Cc2cc(-c3nc(-c4cccc(-c5ccccc5)c4)nc(-c4ccc(-n5c6ccccc6c6cc7ccccc7cc65)c5c4oc4ccccc45)n3)c3c(c2CC1)C=CCC3. The highest BCUT2D eigenvalue weighted by Crippen LogP contribution is 2.44. The van der Waals surface area contributed by atoms with Crippen LogP contribution in [0.15, 0.2) is 174 Å². The van der Waals surface area contributed by atoms with Crippen LogP contribution in [0.5, 0.6) is 0 Å². The molecule has 0 atom stereocenters. The van der Waals surface area contributed by atoms with Crippen LogP contribution in [-0.2, 0) is 12.8 Å². The normalized spacial score (nSPS) is 13.4. The molecule has 3 heterocycles. The van der Waals surface area contributed by atoms with Gasteiger partial charge in [0.1, 0.15) is 11.2 Å². The van der Waals surface area contributed by atoms with E-state index in [1.807, 2.05) is 6.07 Å². The summed E-state index contributed by atoms with van der Waals surface area (Å²) in [5, 5.41) is 6.90. The summed E-state index contributed by atoms with van der Waals surface area (Å²) in [5.74, 6) is 1.87. The molecule has 3 aromatic heterocycles. The summed E-state index contributed by atoms with van der Waals surface area (Å²) >= 11 is 0. The Labute approximate surface area is 358 Å². The minimum absolute atomic E-state index is 0.576. The maximum atomic E-state index is 6.97. The largest absolute Gasteiger partial charge is 0.455 e. The monoisotopic (exact) mass is 794 g/mol. The molecule has 11 aromatic rings. The minimum atomic E-state index is 0.576. The van der Waals surface area contributed by atoms with E-state index >= 15 is 0 Å². The lowest BCUT2D eigenvalue weighted by molar-refractivity contribution is 0.669. The van der Waals surface area contributed by atoms with Crippen molar-refractivity contribution in [2.75, 3.05) is 0 Å². The summed E-state index contributed by atoms with van der Waals surface area (Å²) < 4.78 is 9.38. The lowest BCUT2D eigenvalue weighted by Crippen LogP contribution is -2.09. The van der Waals surface area contributed by atoms with Crippen LogP contribution in [0.3, 0.4) is 0 Å². The highest BCUT2D eigenvalue weighted by molar-refractivity contribution is 6.18. The molecule has 13 rings (SSSR count). The Balaban J connectivity index is 1.09. The number of hydrogen-bond donors (Lipinski definition) is 0. The number of nitrogens with zero attached hydrogens (tertiary/aromatic N) is 4. The van der Waals surface area contributed by atoms with Gasteiger partial charge in [-0.3, -0.25) is 0 Å². The van der Waals surface area contributed by atoms with Gasteiger partial charge in [-0.15, -0.1) is 0 Å². The van der Waals surface area contributed by atoms with Crippen LogP contribution in [0.1, 0.15) is 35.1 Å². The fourth-order valence-corrected chi connectivity index (χ4v) is 10.1. The van der Waals surface area contributed by atoms with Crippen molar-refractivity contribution in [3.05, 3.63) is 192 Å². The van der Waals surface area contributed by atoms with Gasteiger partial charge in [-0.1, -0.05) is 133 Å². The van der Waals surface area contributed by atoms with Crippen molar-refractivity contribution >= 4 is 66.7 Å². The van der Waals surface area contributed by atoms with Crippen molar-refractivity contribution < 1.29 is 4.42 Å². The molecular weight excluding hydrogens is 757 g/mol. The molecule has 2 aliphatic rings. The average Bonchev–Trinajstić information content (AvgIpc) is 3.89. The summed E-state index contributed by atoms with van der Waals surface area (Å²) in [6.45, 7) is 0. The third kappa shape index (κ3) is 5.45. The van der Waals surface area contributed by atoms with E-state index in [1.54, 1.807) is 0 Å². The molecule has 0 bridgehead atoms. The number of para-hydroxylation sites is 2. The molecule has 0 amide bonds. The van der Waals surface area contributed by atoms with Crippen LogP contribution in [-0.4, -0.2) is 19.5 Å². The zero-order valence-corrected chi connectivity index (χ0v) is 33.8. The number of furan rings is 1. The smallest absolute Gasteiger partial charge is 0.167 e. The van der Waals surface area contributed by atoms with Crippen molar-refractivity contribution in [3.8, 4) is 51.0 Å². The van der Waals surface area contributed by atoms with Gasteiger partial charge in [-0.25, -0.2) is 15.0 Å². The number of fused-ring (bicyclic) bond motifs is 10. The zero-order chi connectivity index (χ0) is 40.7. The van der Waals surface area contributed by atoms with Crippen molar-refractivity contribution in [1.82, 2.24) is 19.5 Å². The molecule has 0 saturated heterocycles. The Morgan fingerprint density at radius 2 is 1.16 bits per heavy atom. The summed E-state index contributed by atoms with van der Waals surface area (Å²) in [5.41, 5.74) is 15.3. The van der Waals surface area contributed by atoms with Crippen LogP contribution < -0.4 is 0 Å². The number of rotatable bonds is 5. The lowest BCUT2D eigenvalue weighted by Gasteiger charge is -2.23. The fourth-order valence-electron chi connectivity index (χ4n) is 10.1. The molecule has 62 heavy (non-hydrogen) atoms. The van der Waals surface area contributed by atoms with Gasteiger partial charge in [0.15, 0.2) is 17.5 Å². The zero-order valence-electron chi connectivity index (χ0n) is 33.8. The van der Waals surface area contributed by atoms with E-state index in [4.69, 9.17) is 19.4 Å². The minimum Gasteiger partial charge on any atom is -0.455 e. The van der Waals surface area contributed by atoms with Gasteiger partial charge < -0.3 is 8.98 Å². The Hall–Kier alpha value is -7.89. The second-order valence-electron chi connectivity index (χ2n) is 16.5. The van der Waals surface area contributed by atoms with Gasteiger partial charge >= 0.3 is 0 Å². The van der Waals surface area contributed by atoms with E-state index in [9.17, 15) is 0 Å². The second kappa shape index (κ2) is 13.8. The van der Waals surface area contributed by atoms with Crippen LogP contribution in [0, 0.1) is 0 Å². The average molecular weight is 795 g/mol. The van der Waals surface area contributed by atoms with Gasteiger partial charge in [0, 0.05) is 27.3 Å². The number of allylic oxidation sites excluding steroid dienone is 2. The van der Waals surface area contributed by atoms with Crippen molar-refractivity contribution in [1.29, 1.82) is 0 Å². The van der Waals surface area contributed by atoms with E-state index in [2.05, 4.69) is 181 Å². The summed E-state index contributed by atoms with van der Waals surface area (Å²) in [6.07, 6.45) is 13.2. The number of aromatic nitrogens is 4. The molecule has 0 spiro atoms. The molecule has 0 radical (unpaired) electrons. The van der Waals surface area contributed by atoms with Crippen molar-refractivity contribution in [2.24, 2.45) is 0 Å². The highest BCUT2D eigenvalue weighted by atomic mass is 16.3. The first kappa shape index (κ1) is 34.9. The summed E-state index contributed by atoms with van der Waals surface area (Å²) in [4.78, 5) is 16.2. The molecule has 8 aromatic carbocycles. The molecule has 0 aliphatic heterocycles. The van der Waals surface area contributed by atoms with E-state index in [0.717, 1.165) is 92.2 Å². The second-order valence-corrected chi connectivity index (χ2v) is 16.5. The van der Waals surface area contributed by atoms with Gasteiger partial charge in [0.2, 0.25) is 0 Å². The quantitative estimate of drug-likeness (QED) is 0.174. The first-order chi connectivity index (χ1) is 30.7. The molecule has 0 N–H and O–H groups in total. The van der Waals surface area contributed by atoms with Crippen LogP contribution >= 0.6 is 0 Å². The molecule has 292 valence electrons. The van der Waals surface area contributed by atoms with Gasteiger partial charge in [-0.2, -0.15) is 0 Å². The third-order valence-electron chi connectivity index (χ3n) is 13.0. The Bertz CT molecular complexity index is 3700. The summed E-state index contributed by atoms with van der Waals surface area (Å²) in [7, 11) is 0. The number of benzene rings is 8. The Morgan fingerprint density at radius 3 is 2.05 bits per heavy atom. The maximum Gasteiger partial charge on any atom is 0.167 e. The van der Waals surface area contributed by atoms with E-state index < -0.39 is 0 Å². The van der Waals surface area contributed by atoms with Gasteiger partial charge in [0.25, 0.3) is 0 Å². The van der Waals surface area contributed by atoms with Crippen LogP contribution in [0.2, 0.25) is 0 Å². The molecular formula is C57H38N4O. The van der Waals surface area contributed by atoms with E-state index in [0.29, 0.717) is 17.5 Å². The Kier molecular flexibility index (Phi) is 7.79. The molecule has 0 unspecified atom stereocenters. The van der Waals surface area contributed by atoms with Crippen molar-refractivity contribution in [2.45, 2.75) is 25.7 Å². The van der Waals surface area contributed by atoms with Crippen LogP contribution in [0.25, 0.3) is 118 Å². The van der Waals surface area contributed by atoms with Crippen molar-refractivity contribution in [3.63, 3.8) is 0 Å². The van der Waals surface area contributed by atoms with Gasteiger partial charge in [0.05, 0.1) is 27.7 Å². The predicted octanol–water partition coefficient (Wildman–Crippen LogP) is 14.6.